The van der Waals surface area contributed by atoms with Gasteiger partial charge in [0.15, 0.2) is 0 Å². The van der Waals surface area contributed by atoms with Crippen molar-refractivity contribution in [3.05, 3.63) is 83.9 Å². The molecule has 1 atom stereocenters. The molecule has 0 aliphatic carbocycles. The Bertz CT molecular complexity index is 1540. The van der Waals surface area contributed by atoms with Gasteiger partial charge in [0.05, 0.1) is 17.9 Å². The minimum Gasteiger partial charge on any atom is -0.496 e. The highest BCUT2D eigenvalue weighted by Crippen LogP contribution is 2.32. The maximum Gasteiger partial charge on any atom is 0.332 e. The van der Waals surface area contributed by atoms with Gasteiger partial charge >= 0.3 is 10.2 Å². The molecule has 0 fully saturated rings. The van der Waals surface area contributed by atoms with E-state index in [0.717, 1.165) is 23.4 Å². The number of ether oxygens (including phenoxy) is 1. The van der Waals surface area contributed by atoms with Crippen LogP contribution >= 0.6 is 0 Å². The summed E-state index contributed by atoms with van der Waals surface area (Å²) in [7, 11) is -3.32. The summed E-state index contributed by atoms with van der Waals surface area (Å²) >= 11 is 0. The van der Waals surface area contributed by atoms with Crippen molar-refractivity contribution in [2.45, 2.75) is 36.7 Å². The van der Waals surface area contributed by atoms with Gasteiger partial charge in [0, 0.05) is 16.9 Å². The molecule has 5 N–H and O–H groups in total. The zero-order valence-corrected chi connectivity index (χ0v) is 22.4. The lowest BCUT2D eigenvalue weighted by atomic mass is 9.90. The SMILES string of the molecule is COc1ccccc1C(Cc1ccc(N2C(N)=NC(N)=NC2(C)C)cc1)C(=O)Nc1ccc(S(=O)(=O)F)cc1. The smallest absolute Gasteiger partial charge is 0.332 e. The molecule has 39 heavy (non-hydrogen) atoms. The fraction of sp³-hybridized carbons (Fsp3) is 0.222. The van der Waals surface area contributed by atoms with Crippen LogP contribution in [0.4, 0.5) is 15.3 Å². The number of benzene rings is 3. The third-order valence-electron chi connectivity index (χ3n) is 6.26. The molecular weight excluding hydrogens is 523 g/mol. The molecule has 1 aliphatic heterocycles. The van der Waals surface area contributed by atoms with E-state index in [1.54, 1.807) is 11.0 Å². The maximum absolute atomic E-state index is 13.5. The van der Waals surface area contributed by atoms with E-state index in [1.807, 2.05) is 56.3 Å². The number of amides is 1. The van der Waals surface area contributed by atoms with Crippen molar-refractivity contribution in [3.63, 3.8) is 0 Å². The van der Waals surface area contributed by atoms with E-state index in [2.05, 4.69) is 15.3 Å². The monoisotopic (exact) mass is 552 g/mol. The fourth-order valence-corrected chi connectivity index (χ4v) is 4.96. The van der Waals surface area contributed by atoms with Crippen LogP contribution in [0.3, 0.4) is 0 Å². The predicted molar refractivity (Wildman–Crippen MR) is 149 cm³/mol. The zero-order chi connectivity index (χ0) is 28.4. The summed E-state index contributed by atoms with van der Waals surface area (Å²) in [5.74, 6) is -0.144. The number of nitrogens with zero attached hydrogens (tertiary/aromatic N) is 3. The van der Waals surface area contributed by atoms with Crippen LogP contribution in [-0.4, -0.2) is 39.0 Å². The Morgan fingerprint density at radius 2 is 1.69 bits per heavy atom. The molecule has 1 aliphatic rings. The molecular formula is C27H29FN6O4S. The van der Waals surface area contributed by atoms with Gasteiger partial charge in [-0.3, -0.25) is 9.69 Å². The molecule has 0 radical (unpaired) electrons. The van der Waals surface area contributed by atoms with E-state index in [-0.39, 0.29) is 17.8 Å². The standard InChI is InChI=1S/C27H29FN6O4S/c1-27(2)33-25(29)32-26(30)34(27)19-12-8-17(9-13-19)16-22(21-6-4-5-7-23(21)38-3)24(35)31-18-10-14-20(15-11-18)39(28,36)37/h4-15,22H,16H2,1-3H3,(H,31,35)(H4,29,30,32,33). The van der Waals surface area contributed by atoms with Gasteiger partial charge in [-0.1, -0.05) is 30.3 Å². The lowest BCUT2D eigenvalue weighted by Crippen LogP contribution is -2.54. The van der Waals surface area contributed by atoms with Crippen molar-refractivity contribution >= 4 is 39.4 Å². The normalized spacial score (nSPS) is 15.6. The second-order valence-corrected chi connectivity index (χ2v) is 10.7. The second kappa shape index (κ2) is 10.7. The molecule has 10 nitrogen and oxygen atoms in total. The molecule has 0 bridgehead atoms. The van der Waals surface area contributed by atoms with Gasteiger partial charge in [0.25, 0.3) is 0 Å². The Morgan fingerprint density at radius 1 is 1.05 bits per heavy atom. The van der Waals surface area contributed by atoms with E-state index in [0.29, 0.717) is 23.4 Å². The first-order chi connectivity index (χ1) is 18.4. The highest BCUT2D eigenvalue weighted by atomic mass is 32.3. The van der Waals surface area contributed by atoms with Gasteiger partial charge in [-0.15, -0.1) is 3.89 Å². The first kappa shape index (κ1) is 27.6. The van der Waals surface area contributed by atoms with Gasteiger partial charge in [-0.2, -0.15) is 13.4 Å². The summed E-state index contributed by atoms with van der Waals surface area (Å²) in [6, 6.07) is 19.6. The number of halogens is 1. The van der Waals surface area contributed by atoms with Crippen LogP contribution in [0.2, 0.25) is 0 Å². The van der Waals surface area contributed by atoms with Gasteiger partial charge < -0.3 is 21.5 Å². The van der Waals surface area contributed by atoms with Crippen LogP contribution in [0, 0.1) is 0 Å². The van der Waals surface area contributed by atoms with Crippen LogP contribution in [-0.2, 0) is 21.4 Å². The lowest BCUT2D eigenvalue weighted by Gasteiger charge is -2.38. The summed E-state index contributed by atoms with van der Waals surface area (Å²) < 4.78 is 41.0. The molecule has 0 spiro atoms. The predicted octanol–water partition coefficient (Wildman–Crippen LogP) is 3.50. The van der Waals surface area contributed by atoms with Crippen molar-refractivity contribution in [3.8, 4) is 5.75 Å². The number of hydrogen-bond acceptors (Lipinski definition) is 9. The number of aliphatic imine (C=N–C) groups is 2. The average molecular weight is 553 g/mol. The third kappa shape index (κ3) is 6.17. The van der Waals surface area contributed by atoms with Crippen molar-refractivity contribution in [1.29, 1.82) is 0 Å². The average Bonchev–Trinajstić information content (AvgIpc) is 2.86. The topological polar surface area (TPSA) is 152 Å². The van der Waals surface area contributed by atoms with Crippen molar-refractivity contribution in [2.24, 2.45) is 21.5 Å². The van der Waals surface area contributed by atoms with Crippen molar-refractivity contribution in [1.82, 2.24) is 0 Å². The number of nitrogens with one attached hydrogen (secondary N) is 1. The third-order valence-corrected chi connectivity index (χ3v) is 7.10. The van der Waals surface area contributed by atoms with E-state index in [4.69, 9.17) is 16.2 Å². The number of carbonyl (C=O) groups is 1. The molecule has 1 heterocycles. The second-order valence-electron chi connectivity index (χ2n) is 9.39. The number of para-hydroxylation sites is 1. The number of carbonyl (C=O) groups excluding carboxylic acids is 1. The number of anilines is 2. The number of hydrogen-bond donors (Lipinski definition) is 3. The molecule has 3 aromatic rings. The Labute approximate surface area is 226 Å². The molecule has 4 rings (SSSR count). The van der Waals surface area contributed by atoms with Crippen LogP contribution in [0.5, 0.6) is 5.75 Å². The minimum atomic E-state index is -4.84. The van der Waals surface area contributed by atoms with Crippen molar-refractivity contribution in [2.75, 3.05) is 17.3 Å². The summed E-state index contributed by atoms with van der Waals surface area (Å²) in [5.41, 5.74) is 13.8. The molecule has 1 unspecified atom stereocenters. The molecule has 12 heteroatoms. The minimum absolute atomic E-state index is 0.108. The van der Waals surface area contributed by atoms with Gasteiger partial charge in [0.2, 0.25) is 17.8 Å². The highest BCUT2D eigenvalue weighted by Gasteiger charge is 2.33. The summed E-state index contributed by atoms with van der Waals surface area (Å²) in [6.45, 7) is 3.74. The maximum atomic E-state index is 13.5. The van der Waals surface area contributed by atoms with Crippen molar-refractivity contribution < 1.29 is 21.8 Å². The molecule has 1 amide bonds. The van der Waals surface area contributed by atoms with Crippen LogP contribution < -0.4 is 26.4 Å². The quantitative estimate of drug-likeness (QED) is 0.362. The number of methoxy groups -OCH3 is 1. The fourth-order valence-electron chi connectivity index (χ4n) is 4.50. The highest BCUT2D eigenvalue weighted by molar-refractivity contribution is 7.86. The Morgan fingerprint density at radius 3 is 2.28 bits per heavy atom. The largest absolute Gasteiger partial charge is 0.496 e. The van der Waals surface area contributed by atoms with E-state index >= 15 is 0 Å². The number of nitrogens with two attached hydrogens (primary N) is 2. The first-order valence-electron chi connectivity index (χ1n) is 12.0. The van der Waals surface area contributed by atoms with E-state index in [9.17, 15) is 17.1 Å². The Hall–Kier alpha value is -4.45. The van der Waals surface area contributed by atoms with E-state index < -0.39 is 26.7 Å². The Balaban J connectivity index is 1.62. The van der Waals surface area contributed by atoms with E-state index in [1.165, 1.54) is 19.2 Å². The number of rotatable bonds is 8. The molecule has 204 valence electrons. The van der Waals surface area contributed by atoms with Gasteiger partial charge in [-0.05, 0) is 68.3 Å². The zero-order valence-electron chi connectivity index (χ0n) is 21.6. The molecule has 3 aromatic carbocycles. The van der Waals surface area contributed by atoms with Crippen LogP contribution in [0.15, 0.2) is 87.7 Å². The summed E-state index contributed by atoms with van der Waals surface area (Å²) in [6.07, 6.45) is 0.321. The summed E-state index contributed by atoms with van der Waals surface area (Å²) in [5, 5.41) is 2.80. The van der Waals surface area contributed by atoms with Gasteiger partial charge in [-0.25, -0.2) is 4.99 Å². The summed E-state index contributed by atoms with van der Waals surface area (Å²) in [4.78, 5) is 23.2. The molecule has 0 aromatic heterocycles. The van der Waals surface area contributed by atoms with Crippen LogP contribution in [0.1, 0.15) is 30.9 Å². The van der Waals surface area contributed by atoms with Crippen LogP contribution in [0.25, 0.3) is 0 Å². The molecule has 0 saturated heterocycles. The number of guanidine groups is 2. The molecule has 0 saturated carbocycles. The first-order valence-corrected chi connectivity index (χ1v) is 13.3. The lowest BCUT2D eigenvalue weighted by molar-refractivity contribution is -0.117. The van der Waals surface area contributed by atoms with Gasteiger partial charge in [0.1, 0.15) is 11.4 Å². The Kier molecular flexibility index (Phi) is 7.59.